The number of sulfonamides is 1. The van der Waals surface area contributed by atoms with Gasteiger partial charge >= 0.3 is 0 Å². The van der Waals surface area contributed by atoms with E-state index >= 15 is 0 Å². The molecule has 1 heterocycles. The molecule has 0 aliphatic carbocycles. The SMILES string of the molecule is COCCN1C(=O)CCc2cc(NS(=O)(=O)c3ccc(C(C)=O)cc3)ccc21. The molecule has 0 unspecified atom stereocenters. The zero-order valence-electron chi connectivity index (χ0n) is 15.8. The molecular formula is C20H22N2O5S. The van der Waals surface area contributed by atoms with Crippen LogP contribution < -0.4 is 9.62 Å². The predicted molar refractivity (Wildman–Crippen MR) is 106 cm³/mol. The number of anilines is 2. The summed E-state index contributed by atoms with van der Waals surface area (Å²) in [7, 11) is -2.20. The van der Waals surface area contributed by atoms with Crippen molar-refractivity contribution in [2.75, 3.05) is 29.9 Å². The minimum atomic E-state index is -3.78. The molecule has 0 saturated carbocycles. The Labute approximate surface area is 164 Å². The second-order valence-electron chi connectivity index (χ2n) is 6.57. The van der Waals surface area contributed by atoms with Gasteiger partial charge in [-0.15, -0.1) is 0 Å². The highest BCUT2D eigenvalue weighted by Crippen LogP contribution is 2.31. The number of nitrogens with one attached hydrogen (secondary N) is 1. The fourth-order valence-corrected chi connectivity index (χ4v) is 4.18. The highest BCUT2D eigenvalue weighted by molar-refractivity contribution is 7.92. The lowest BCUT2D eigenvalue weighted by atomic mass is 10.0. The van der Waals surface area contributed by atoms with Crippen molar-refractivity contribution in [2.24, 2.45) is 0 Å². The number of amides is 1. The number of rotatable bonds is 7. The van der Waals surface area contributed by atoms with Crippen LogP contribution in [0.1, 0.15) is 29.3 Å². The highest BCUT2D eigenvalue weighted by atomic mass is 32.2. The Hall–Kier alpha value is -2.71. The van der Waals surface area contributed by atoms with E-state index < -0.39 is 10.0 Å². The van der Waals surface area contributed by atoms with E-state index in [9.17, 15) is 18.0 Å². The number of carbonyl (C=O) groups excluding carboxylic acids is 2. The number of methoxy groups -OCH3 is 1. The molecule has 3 rings (SSSR count). The molecule has 2 aromatic rings. The molecule has 1 aliphatic heterocycles. The van der Waals surface area contributed by atoms with E-state index in [2.05, 4.69) is 4.72 Å². The Morgan fingerprint density at radius 1 is 1.14 bits per heavy atom. The maximum atomic E-state index is 12.6. The summed E-state index contributed by atoms with van der Waals surface area (Å²) in [6.45, 7) is 2.31. The number of hydrogen-bond acceptors (Lipinski definition) is 5. The fraction of sp³-hybridized carbons (Fsp3) is 0.300. The highest BCUT2D eigenvalue weighted by Gasteiger charge is 2.24. The van der Waals surface area contributed by atoms with Gasteiger partial charge in [-0.1, -0.05) is 12.1 Å². The largest absolute Gasteiger partial charge is 0.383 e. The van der Waals surface area contributed by atoms with Gasteiger partial charge in [0.1, 0.15) is 0 Å². The molecule has 7 nitrogen and oxygen atoms in total. The average Bonchev–Trinajstić information content (AvgIpc) is 2.67. The first kappa shape index (κ1) is 20.0. The van der Waals surface area contributed by atoms with Crippen LogP contribution >= 0.6 is 0 Å². The second-order valence-corrected chi connectivity index (χ2v) is 8.25. The zero-order valence-corrected chi connectivity index (χ0v) is 16.6. The van der Waals surface area contributed by atoms with Crippen molar-refractivity contribution in [3.8, 4) is 0 Å². The van der Waals surface area contributed by atoms with E-state index in [-0.39, 0.29) is 16.6 Å². The van der Waals surface area contributed by atoms with Gasteiger partial charge in [0.25, 0.3) is 10.0 Å². The van der Waals surface area contributed by atoms with Crippen LogP contribution in [0.25, 0.3) is 0 Å². The van der Waals surface area contributed by atoms with Crippen molar-refractivity contribution in [2.45, 2.75) is 24.7 Å². The molecule has 1 N–H and O–H groups in total. The quantitative estimate of drug-likeness (QED) is 0.719. The summed E-state index contributed by atoms with van der Waals surface area (Å²) in [6.07, 6.45) is 0.931. The Balaban J connectivity index is 1.83. The molecule has 0 radical (unpaired) electrons. The number of Topliss-reactive ketones (excluding diaryl/α,β-unsaturated/α-hetero) is 1. The fourth-order valence-electron chi connectivity index (χ4n) is 3.13. The Morgan fingerprint density at radius 3 is 2.50 bits per heavy atom. The first-order chi connectivity index (χ1) is 13.3. The molecule has 2 aromatic carbocycles. The summed E-state index contributed by atoms with van der Waals surface area (Å²) in [5.74, 6) is -0.0948. The number of carbonyl (C=O) groups is 2. The van der Waals surface area contributed by atoms with Gasteiger partial charge in [0.15, 0.2) is 5.78 Å². The van der Waals surface area contributed by atoms with Crippen molar-refractivity contribution >= 4 is 33.1 Å². The number of ether oxygens (including phenoxy) is 1. The molecule has 1 amide bonds. The van der Waals surface area contributed by atoms with E-state index in [0.717, 1.165) is 11.3 Å². The van der Waals surface area contributed by atoms with Crippen LogP contribution in [-0.2, 0) is 26.0 Å². The molecule has 148 valence electrons. The maximum absolute atomic E-state index is 12.6. The monoisotopic (exact) mass is 402 g/mol. The Bertz CT molecular complexity index is 1000. The molecule has 0 bridgehead atoms. The topological polar surface area (TPSA) is 92.8 Å². The van der Waals surface area contributed by atoms with Crippen molar-refractivity contribution in [3.63, 3.8) is 0 Å². The Kier molecular flexibility index (Phi) is 5.81. The number of hydrogen-bond donors (Lipinski definition) is 1. The van der Waals surface area contributed by atoms with Crippen LogP contribution in [0.5, 0.6) is 0 Å². The van der Waals surface area contributed by atoms with E-state index in [0.29, 0.717) is 37.2 Å². The predicted octanol–water partition coefficient (Wildman–Crippen LogP) is 2.62. The van der Waals surface area contributed by atoms with Gasteiger partial charge in [0.2, 0.25) is 5.91 Å². The summed E-state index contributed by atoms with van der Waals surface area (Å²) in [5, 5.41) is 0. The van der Waals surface area contributed by atoms with Gasteiger partial charge < -0.3 is 9.64 Å². The number of benzene rings is 2. The molecule has 28 heavy (non-hydrogen) atoms. The van der Waals surface area contributed by atoms with Crippen LogP contribution in [0.15, 0.2) is 47.4 Å². The first-order valence-electron chi connectivity index (χ1n) is 8.88. The Morgan fingerprint density at radius 2 is 1.86 bits per heavy atom. The number of ketones is 1. The summed E-state index contributed by atoms with van der Waals surface area (Å²) >= 11 is 0. The van der Waals surface area contributed by atoms with E-state index in [1.54, 1.807) is 30.2 Å². The molecule has 8 heteroatoms. The van der Waals surface area contributed by atoms with Gasteiger partial charge in [0.05, 0.1) is 11.5 Å². The van der Waals surface area contributed by atoms with Crippen molar-refractivity contribution in [1.82, 2.24) is 0 Å². The van der Waals surface area contributed by atoms with Crippen LogP contribution in [0, 0.1) is 0 Å². The number of fused-ring (bicyclic) bond motifs is 1. The summed E-state index contributed by atoms with van der Waals surface area (Å²) in [6, 6.07) is 10.9. The minimum Gasteiger partial charge on any atom is -0.383 e. The van der Waals surface area contributed by atoms with Crippen molar-refractivity contribution < 1.29 is 22.7 Å². The van der Waals surface area contributed by atoms with E-state index in [4.69, 9.17) is 4.74 Å². The smallest absolute Gasteiger partial charge is 0.261 e. The van der Waals surface area contributed by atoms with Gasteiger partial charge in [-0.25, -0.2) is 8.42 Å². The third kappa shape index (κ3) is 4.23. The normalized spacial score (nSPS) is 13.9. The number of aryl methyl sites for hydroxylation is 1. The lowest BCUT2D eigenvalue weighted by Crippen LogP contribution is -2.37. The van der Waals surface area contributed by atoms with Crippen molar-refractivity contribution in [1.29, 1.82) is 0 Å². The zero-order chi connectivity index (χ0) is 20.3. The maximum Gasteiger partial charge on any atom is 0.261 e. The summed E-state index contributed by atoms with van der Waals surface area (Å²) in [4.78, 5) is 25.3. The van der Waals surface area contributed by atoms with Crippen molar-refractivity contribution in [3.05, 3.63) is 53.6 Å². The van der Waals surface area contributed by atoms with Gasteiger partial charge in [0, 0.05) is 37.0 Å². The van der Waals surface area contributed by atoms with Crippen LogP contribution in [0.2, 0.25) is 0 Å². The third-order valence-electron chi connectivity index (χ3n) is 4.62. The lowest BCUT2D eigenvalue weighted by Gasteiger charge is -2.29. The first-order valence-corrected chi connectivity index (χ1v) is 10.4. The minimum absolute atomic E-state index is 0.0310. The van der Waals surface area contributed by atoms with E-state index in [1.165, 1.54) is 31.2 Å². The van der Waals surface area contributed by atoms with Crippen LogP contribution in [0.3, 0.4) is 0 Å². The van der Waals surface area contributed by atoms with Crippen LogP contribution in [0.4, 0.5) is 11.4 Å². The molecular weight excluding hydrogens is 380 g/mol. The molecule has 0 atom stereocenters. The van der Waals surface area contributed by atoms with Gasteiger partial charge in [-0.05, 0) is 49.2 Å². The molecule has 1 aliphatic rings. The molecule has 0 saturated heterocycles. The van der Waals surface area contributed by atoms with Crippen LogP contribution in [-0.4, -0.2) is 40.4 Å². The lowest BCUT2D eigenvalue weighted by molar-refractivity contribution is -0.119. The van der Waals surface area contributed by atoms with E-state index in [1.807, 2.05) is 0 Å². The standard InChI is InChI=1S/C20H22N2O5S/c1-14(23)15-3-7-18(8-4-15)28(25,26)21-17-6-9-19-16(13-17)5-10-20(24)22(19)11-12-27-2/h3-4,6-9,13,21H,5,10-12H2,1-2H3. The second kappa shape index (κ2) is 8.12. The summed E-state index contributed by atoms with van der Waals surface area (Å²) < 4.78 is 32.9. The third-order valence-corrected chi connectivity index (χ3v) is 6.02. The molecule has 0 fully saturated rings. The number of nitrogens with zero attached hydrogens (tertiary/aromatic N) is 1. The molecule has 0 aromatic heterocycles. The van der Waals surface area contributed by atoms with Gasteiger partial charge in [-0.2, -0.15) is 0 Å². The average molecular weight is 402 g/mol. The summed E-state index contributed by atoms with van der Waals surface area (Å²) in [5.41, 5.74) is 2.56. The molecule has 0 spiro atoms. The van der Waals surface area contributed by atoms with Gasteiger partial charge in [-0.3, -0.25) is 14.3 Å².